The predicted octanol–water partition coefficient (Wildman–Crippen LogP) is 2.31. The van der Waals surface area contributed by atoms with Gasteiger partial charge in [0.25, 0.3) is 0 Å². The summed E-state index contributed by atoms with van der Waals surface area (Å²) in [6, 6.07) is 6.98. The highest BCUT2D eigenvalue weighted by atomic mass is 32.2. The molecule has 0 saturated heterocycles. The molecule has 0 aliphatic carbocycles. The van der Waals surface area contributed by atoms with E-state index in [1.165, 1.54) is 7.11 Å². The van der Waals surface area contributed by atoms with E-state index in [1.54, 1.807) is 24.4 Å². The molecule has 0 bridgehead atoms. The van der Waals surface area contributed by atoms with E-state index in [-0.39, 0.29) is 0 Å². The molecule has 3 aromatic rings. The third kappa shape index (κ3) is 3.26. The number of pyridine rings is 1. The van der Waals surface area contributed by atoms with Crippen LogP contribution in [0.5, 0.6) is 5.75 Å². The van der Waals surface area contributed by atoms with Gasteiger partial charge in [-0.05, 0) is 30.7 Å². The van der Waals surface area contributed by atoms with Gasteiger partial charge < -0.3 is 9.72 Å². The zero-order valence-electron chi connectivity index (χ0n) is 12.9. The number of aromatic nitrogens is 3. The fraction of sp³-hybridized carbons (Fsp3) is 0.200. The summed E-state index contributed by atoms with van der Waals surface area (Å²) in [6.45, 7) is 1.96. The molecule has 2 aromatic heterocycles. The molecule has 7 nitrogen and oxygen atoms in total. The fourth-order valence-corrected chi connectivity index (χ4v) is 2.85. The second-order valence-electron chi connectivity index (χ2n) is 5.26. The molecular formula is C15H16N4O3S. The number of imidazole rings is 1. The van der Waals surface area contributed by atoms with Crippen LogP contribution in [0.1, 0.15) is 5.56 Å². The molecule has 2 heterocycles. The Labute approximate surface area is 133 Å². The highest BCUT2D eigenvalue weighted by Gasteiger charge is 2.13. The van der Waals surface area contributed by atoms with Crippen LogP contribution in [-0.2, 0) is 10.0 Å². The number of H-pyrrole nitrogens is 1. The standard InChI is InChI=1S/C15H16N4O3S/c1-9-6-12-15(16-8-9)18-14(17-12)11-5-4-10(7-13(11)22-2)19-23(3,20)21/h4-8,19H,1-3H3,(H,16,17,18). The van der Waals surface area contributed by atoms with E-state index < -0.39 is 10.0 Å². The summed E-state index contributed by atoms with van der Waals surface area (Å²) in [4.78, 5) is 11.9. The van der Waals surface area contributed by atoms with Crippen molar-refractivity contribution in [2.24, 2.45) is 0 Å². The number of hydrogen-bond acceptors (Lipinski definition) is 5. The number of ether oxygens (including phenoxy) is 1. The van der Waals surface area contributed by atoms with E-state index >= 15 is 0 Å². The molecular weight excluding hydrogens is 316 g/mol. The molecule has 0 amide bonds. The first kappa shape index (κ1) is 15.3. The molecule has 0 spiro atoms. The van der Waals surface area contributed by atoms with Gasteiger partial charge in [0.05, 0.1) is 30.1 Å². The highest BCUT2D eigenvalue weighted by molar-refractivity contribution is 7.92. The molecule has 23 heavy (non-hydrogen) atoms. The summed E-state index contributed by atoms with van der Waals surface area (Å²) in [7, 11) is -1.82. The van der Waals surface area contributed by atoms with Gasteiger partial charge in [0.2, 0.25) is 10.0 Å². The monoisotopic (exact) mass is 332 g/mol. The van der Waals surface area contributed by atoms with Crippen molar-refractivity contribution >= 4 is 26.9 Å². The average molecular weight is 332 g/mol. The van der Waals surface area contributed by atoms with Gasteiger partial charge in [-0.2, -0.15) is 0 Å². The van der Waals surface area contributed by atoms with E-state index in [9.17, 15) is 8.42 Å². The van der Waals surface area contributed by atoms with Crippen molar-refractivity contribution in [3.63, 3.8) is 0 Å². The van der Waals surface area contributed by atoms with Crippen LogP contribution in [0.4, 0.5) is 5.69 Å². The number of aryl methyl sites for hydroxylation is 1. The van der Waals surface area contributed by atoms with Crippen molar-refractivity contribution < 1.29 is 13.2 Å². The molecule has 1 aromatic carbocycles. The first-order valence-electron chi connectivity index (χ1n) is 6.84. The van der Waals surface area contributed by atoms with E-state index in [0.29, 0.717) is 22.9 Å². The molecule has 0 fully saturated rings. The number of fused-ring (bicyclic) bond motifs is 1. The van der Waals surface area contributed by atoms with Gasteiger partial charge in [0.15, 0.2) is 5.65 Å². The first-order valence-corrected chi connectivity index (χ1v) is 8.73. The minimum Gasteiger partial charge on any atom is -0.496 e. The van der Waals surface area contributed by atoms with Gasteiger partial charge in [0, 0.05) is 12.3 Å². The van der Waals surface area contributed by atoms with Gasteiger partial charge in [-0.3, -0.25) is 4.72 Å². The maximum Gasteiger partial charge on any atom is 0.229 e. The summed E-state index contributed by atoms with van der Waals surface area (Å²) in [5.74, 6) is 1.12. The Morgan fingerprint density at radius 2 is 2.04 bits per heavy atom. The predicted molar refractivity (Wildman–Crippen MR) is 89.1 cm³/mol. The van der Waals surface area contributed by atoms with Crippen LogP contribution in [0.2, 0.25) is 0 Å². The summed E-state index contributed by atoms with van der Waals surface area (Å²) in [5, 5.41) is 0. The lowest BCUT2D eigenvalue weighted by molar-refractivity contribution is 0.416. The smallest absolute Gasteiger partial charge is 0.229 e. The molecule has 2 N–H and O–H groups in total. The lowest BCUT2D eigenvalue weighted by Crippen LogP contribution is -2.09. The normalized spacial score (nSPS) is 11.6. The summed E-state index contributed by atoms with van der Waals surface area (Å²) >= 11 is 0. The maximum atomic E-state index is 11.3. The second kappa shape index (κ2) is 5.54. The zero-order chi connectivity index (χ0) is 16.6. The molecule has 8 heteroatoms. The van der Waals surface area contributed by atoms with Crippen LogP contribution in [-0.4, -0.2) is 36.7 Å². The molecule has 0 radical (unpaired) electrons. The number of anilines is 1. The van der Waals surface area contributed by atoms with Crippen LogP contribution in [0.25, 0.3) is 22.6 Å². The van der Waals surface area contributed by atoms with Crippen molar-refractivity contribution in [3.8, 4) is 17.1 Å². The van der Waals surface area contributed by atoms with Crippen molar-refractivity contribution in [2.45, 2.75) is 6.92 Å². The van der Waals surface area contributed by atoms with Crippen LogP contribution >= 0.6 is 0 Å². The third-order valence-electron chi connectivity index (χ3n) is 3.23. The molecule has 0 unspecified atom stereocenters. The number of sulfonamides is 1. The number of aromatic amines is 1. The number of rotatable bonds is 4. The number of hydrogen-bond donors (Lipinski definition) is 2. The Balaban J connectivity index is 2.07. The second-order valence-corrected chi connectivity index (χ2v) is 7.01. The Hall–Kier alpha value is -2.61. The summed E-state index contributed by atoms with van der Waals surface area (Å²) < 4.78 is 30.4. The van der Waals surface area contributed by atoms with Crippen LogP contribution in [0.15, 0.2) is 30.5 Å². The minimum absolute atomic E-state index is 0.429. The Kier molecular flexibility index (Phi) is 3.69. The van der Waals surface area contributed by atoms with Gasteiger partial charge in [-0.15, -0.1) is 0 Å². The summed E-state index contributed by atoms with van der Waals surface area (Å²) in [5.41, 5.74) is 3.64. The van der Waals surface area contributed by atoms with Gasteiger partial charge in [-0.1, -0.05) is 0 Å². The van der Waals surface area contributed by atoms with Crippen LogP contribution in [0, 0.1) is 6.92 Å². The Morgan fingerprint density at radius 1 is 1.26 bits per heavy atom. The van der Waals surface area contributed by atoms with E-state index in [2.05, 4.69) is 19.7 Å². The largest absolute Gasteiger partial charge is 0.496 e. The molecule has 0 aliphatic rings. The molecule has 0 aliphatic heterocycles. The van der Waals surface area contributed by atoms with E-state index in [4.69, 9.17) is 4.74 Å². The number of methoxy groups -OCH3 is 1. The van der Waals surface area contributed by atoms with Gasteiger partial charge in [-0.25, -0.2) is 18.4 Å². The fourth-order valence-electron chi connectivity index (χ4n) is 2.30. The number of benzene rings is 1. The highest BCUT2D eigenvalue weighted by Crippen LogP contribution is 2.32. The lowest BCUT2D eigenvalue weighted by atomic mass is 10.1. The third-order valence-corrected chi connectivity index (χ3v) is 3.84. The molecule has 0 atom stereocenters. The number of nitrogens with one attached hydrogen (secondary N) is 2. The van der Waals surface area contributed by atoms with Crippen molar-refractivity contribution in [3.05, 3.63) is 36.0 Å². The molecule has 0 saturated carbocycles. The van der Waals surface area contributed by atoms with Crippen LogP contribution in [0.3, 0.4) is 0 Å². The van der Waals surface area contributed by atoms with Gasteiger partial charge in [0.1, 0.15) is 11.6 Å². The Bertz CT molecular complexity index is 980. The summed E-state index contributed by atoms with van der Waals surface area (Å²) in [6.07, 6.45) is 2.85. The SMILES string of the molecule is COc1cc(NS(C)(=O)=O)ccc1-c1nc2ncc(C)cc2[nH]1. The first-order chi connectivity index (χ1) is 10.9. The lowest BCUT2D eigenvalue weighted by Gasteiger charge is -2.09. The quantitative estimate of drug-likeness (QED) is 0.764. The van der Waals surface area contributed by atoms with E-state index in [1.807, 2.05) is 13.0 Å². The minimum atomic E-state index is -3.34. The van der Waals surface area contributed by atoms with Crippen LogP contribution < -0.4 is 9.46 Å². The topological polar surface area (TPSA) is 97.0 Å². The zero-order valence-corrected chi connectivity index (χ0v) is 13.7. The molecule has 120 valence electrons. The van der Waals surface area contributed by atoms with Crippen molar-refractivity contribution in [1.82, 2.24) is 15.0 Å². The van der Waals surface area contributed by atoms with Crippen molar-refractivity contribution in [1.29, 1.82) is 0 Å². The molecule has 3 rings (SSSR count). The van der Waals surface area contributed by atoms with Gasteiger partial charge >= 0.3 is 0 Å². The number of nitrogens with zero attached hydrogens (tertiary/aromatic N) is 2. The Morgan fingerprint density at radius 3 is 2.74 bits per heavy atom. The van der Waals surface area contributed by atoms with Crippen molar-refractivity contribution in [2.75, 3.05) is 18.1 Å². The maximum absolute atomic E-state index is 11.3. The average Bonchev–Trinajstić information content (AvgIpc) is 2.88. The van der Waals surface area contributed by atoms with E-state index in [0.717, 1.165) is 22.9 Å².